The maximum Gasteiger partial charge on any atom is 0.251 e. The number of benzene rings is 1. The molecule has 1 heterocycles. The quantitative estimate of drug-likeness (QED) is 0.601. The predicted molar refractivity (Wildman–Crippen MR) is 119 cm³/mol. The minimum Gasteiger partial charge on any atom is -0.493 e. The Hall–Kier alpha value is -2.32. The van der Waals surface area contributed by atoms with Crippen LogP contribution in [0.5, 0.6) is 11.5 Å². The molecule has 1 aromatic carbocycles. The van der Waals surface area contributed by atoms with Crippen molar-refractivity contribution in [2.45, 2.75) is 26.2 Å². The van der Waals surface area contributed by atoms with E-state index in [1.807, 2.05) is 6.07 Å². The summed E-state index contributed by atoms with van der Waals surface area (Å²) < 4.78 is 11.3. The molecule has 3 rings (SSSR count). The minimum absolute atomic E-state index is 0.329. The summed E-state index contributed by atoms with van der Waals surface area (Å²) in [4.78, 5) is 25.6. The van der Waals surface area contributed by atoms with E-state index in [-0.39, 0.29) is 5.91 Å². The molecular weight excluding hydrogens is 456 g/mol. The standard InChI is InChI=1S/C21H23BrN2O4S/c1-11-4-6-13-16(8-11)29-21(18(13)20(23)26)24-17(25)7-5-12-9-14(22)19(28-3)15(10-12)27-2/h5,7,9-11H,4,6,8H2,1-3H3,(H2,23,26)(H,24,25). The molecule has 0 aliphatic heterocycles. The van der Waals surface area contributed by atoms with Crippen molar-refractivity contribution in [1.82, 2.24) is 0 Å². The maximum atomic E-state index is 12.5. The van der Waals surface area contributed by atoms with E-state index in [0.717, 1.165) is 39.7 Å². The highest BCUT2D eigenvalue weighted by Gasteiger charge is 2.26. The van der Waals surface area contributed by atoms with Crippen LogP contribution in [0.2, 0.25) is 0 Å². The number of hydrogen-bond acceptors (Lipinski definition) is 5. The van der Waals surface area contributed by atoms with Gasteiger partial charge in [0.25, 0.3) is 5.91 Å². The van der Waals surface area contributed by atoms with E-state index >= 15 is 0 Å². The number of thiophene rings is 1. The highest BCUT2D eigenvalue weighted by molar-refractivity contribution is 9.10. The largest absolute Gasteiger partial charge is 0.493 e. The first kappa shape index (κ1) is 21.4. The number of nitrogens with one attached hydrogen (secondary N) is 1. The molecule has 0 bridgehead atoms. The van der Waals surface area contributed by atoms with Crippen molar-refractivity contribution in [3.63, 3.8) is 0 Å². The van der Waals surface area contributed by atoms with Gasteiger partial charge in [0, 0.05) is 11.0 Å². The summed E-state index contributed by atoms with van der Waals surface area (Å²) in [6.45, 7) is 2.19. The van der Waals surface area contributed by atoms with E-state index in [9.17, 15) is 9.59 Å². The Morgan fingerprint density at radius 2 is 2.07 bits per heavy atom. The number of ether oxygens (including phenoxy) is 2. The lowest BCUT2D eigenvalue weighted by Crippen LogP contribution is -2.18. The van der Waals surface area contributed by atoms with Crippen molar-refractivity contribution >= 4 is 50.2 Å². The van der Waals surface area contributed by atoms with Crippen molar-refractivity contribution in [2.75, 3.05) is 19.5 Å². The van der Waals surface area contributed by atoms with Crippen molar-refractivity contribution in [1.29, 1.82) is 0 Å². The van der Waals surface area contributed by atoms with Gasteiger partial charge >= 0.3 is 0 Å². The van der Waals surface area contributed by atoms with E-state index in [2.05, 4.69) is 28.2 Å². The molecule has 1 atom stereocenters. The van der Waals surface area contributed by atoms with E-state index < -0.39 is 5.91 Å². The summed E-state index contributed by atoms with van der Waals surface area (Å²) in [6, 6.07) is 3.60. The summed E-state index contributed by atoms with van der Waals surface area (Å²) in [5.74, 6) is 0.871. The molecule has 0 saturated carbocycles. The Morgan fingerprint density at radius 1 is 1.31 bits per heavy atom. The van der Waals surface area contributed by atoms with Gasteiger partial charge in [-0.15, -0.1) is 11.3 Å². The number of carbonyl (C=O) groups is 2. The summed E-state index contributed by atoms with van der Waals surface area (Å²) in [6.07, 6.45) is 5.83. The fraction of sp³-hybridized carbons (Fsp3) is 0.333. The lowest BCUT2D eigenvalue weighted by Gasteiger charge is -2.18. The summed E-state index contributed by atoms with van der Waals surface area (Å²) in [7, 11) is 3.11. The highest BCUT2D eigenvalue weighted by Crippen LogP contribution is 2.39. The Bertz CT molecular complexity index is 984. The SMILES string of the molecule is COc1cc(C=CC(=O)Nc2sc3c(c2C(N)=O)CCC(C)C3)cc(Br)c1OC. The number of halogens is 1. The third kappa shape index (κ3) is 4.64. The van der Waals surface area contributed by atoms with Crippen molar-refractivity contribution in [3.8, 4) is 11.5 Å². The Labute approximate surface area is 182 Å². The normalized spacial score (nSPS) is 15.8. The average Bonchev–Trinajstić information content (AvgIpc) is 3.02. The zero-order chi connectivity index (χ0) is 21.1. The van der Waals surface area contributed by atoms with E-state index in [0.29, 0.717) is 28.0 Å². The molecule has 2 amide bonds. The molecule has 0 fully saturated rings. The van der Waals surface area contributed by atoms with Crippen molar-refractivity contribution in [3.05, 3.63) is 44.2 Å². The van der Waals surface area contributed by atoms with Crippen LogP contribution in [0.4, 0.5) is 5.00 Å². The highest BCUT2D eigenvalue weighted by atomic mass is 79.9. The molecule has 1 unspecified atom stereocenters. The number of hydrogen-bond donors (Lipinski definition) is 2. The first-order valence-electron chi connectivity index (χ1n) is 9.19. The zero-order valence-corrected chi connectivity index (χ0v) is 18.9. The molecule has 0 saturated heterocycles. The van der Waals surface area contributed by atoms with Gasteiger partial charge in [-0.3, -0.25) is 9.59 Å². The van der Waals surface area contributed by atoms with Gasteiger partial charge in [-0.25, -0.2) is 0 Å². The second kappa shape index (κ2) is 9.00. The van der Waals surface area contributed by atoms with Gasteiger partial charge < -0.3 is 20.5 Å². The lowest BCUT2D eigenvalue weighted by atomic mass is 9.88. The molecule has 3 N–H and O–H groups in total. The van der Waals surface area contributed by atoms with Crippen LogP contribution in [-0.2, 0) is 17.6 Å². The summed E-state index contributed by atoms with van der Waals surface area (Å²) in [5.41, 5.74) is 7.81. The molecule has 1 aliphatic carbocycles. The summed E-state index contributed by atoms with van der Waals surface area (Å²) >= 11 is 4.88. The molecule has 154 valence electrons. The van der Waals surface area contributed by atoms with E-state index in [1.54, 1.807) is 26.4 Å². The molecule has 8 heteroatoms. The second-order valence-electron chi connectivity index (χ2n) is 6.98. The molecule has 6 nitrogen and oxygen atoms in total. The molecule has 29 heavy (non-hydrogen) atoms. The molecule has 0 radical (unpaired) electrons. The van der Waals surface area contributed by atoms with Gasteiger partial charge in [0.1, 0.15) is 5.00 Å². The lowest BCUT2D eigenvalue weighted by molar-refractivity contribution is -0.111. The van der Waals surface area contributed by atoms with Gasteiger partial charge in [0.2, 0.25) is 5.91 Å². The topological polar surface area (TPSA) is 90.6 Å². The fourth-order valence-electron chi connectivity index (χ4n) is 3.46. The number of fused-ring (bicyclic) bond motifs is 1. The molecule has 2 aromatic rings. The number of carbonyl (C=O) groups excluding carboxylic acids is 2. The van der Waals surface area contributed by atoms with Gasteiger partial charge in [-0.1, -0.05) is 6.92 Å². The van der Waals surface area contributed by atoms with Gasteiger partial charge in [-0.2, -0.15) is 0 Å². The van der Waals surface area contributed by atoms with Gasteiger partial charge in [0.05, 0.1) is 24.3 Å². The van der Waals surface area contributed by atoms with Crippen LogP contribution in [0, 0.1) is 5.92 Å². The van der Waals surface area contributed by atoms with E-state index in [4.69, 9.17) is 15.2 Å². The average molecular weight is 479 g/mol. The number of anilines is 1. The van der Waals surface area contributed by atoms with Gasteiger partial charge in [0.15, 0.2) is 11.5 Å². The molecule has 1 aliphatic rings. The second-order valence-corrected chi connectivity index (χ2v) is 8.94. The molecular formula is C21H23BrN2O4S. The van der Waals surface area contributed by atoms with Crippen molar-refractivity contribution in [2.24, 2.45) is 11.7 Å². The van der Waals surface area contributed by atoms with Crippen LogP contribution in [0.3, 0.4) is 0 Å². The number of nitrogens with two attached hydrogens (primary N) is 1. The van der Waals surface area contributed by atoms with Crippen LogP contribution >= 0.6 is 27.3 Å². The van der Waals surface area contributed by atoms with E-state index in [1.165, 1.54) is 17.4 Å². The van der Waals surface area contributed by atoms with Crippen LogP contribution in [0.15, 0.2) is 22.7 Å². The number of methoxy groups -OCH3 is 2. The number of rotatable bonds is 6. The number of primary amides is 1. The monoisotopic (exact) mass is 478 g/mol. The van der Waals surface area contributed by atoms with Crippen LogP contribution in [-0.4, -0.2) is 26.0 Å². The smallest absolute Gasteiger partial charge is 0.251 e. The Morgan fingerprint density at radius 3 is 2.72 bits per heavy atom. The zero-order valence-electron chi connectivity index (χ0n) is 16.5. The molecule has 1 aromatic heterocycles. The van der Waals surface area contributed by atoms with Crippen LogP contribution in [0.25, 0.3) is 6.08 Å². The maximum absolute atomic E-state index is 12.5. The first-order valence-corrected chi connectivity index (χ1v) is 10.8. The number of amides is 2. The predicted octanol–water partition coefficient (Wildman–Crippen LogP) is 4.40. The first-order chi connectivity index (χ1) is 13.8. The minimum atomic E-state index is -0.500. The fourth-order valence-corrected chi connectivity index (χ4v) is 5.50. The van der Waals surface area contributed by atoms with Gasteiger partial charge in [-0.05, 0) is 70.4 Å². The molecule has 0 spiro atoms. The van der Waals surface area contributed by atoms with Crippen molar-refractivity contribution < 1.29 is 19.1 Å². The summed E-state index contributed by atoms with van der Waals surface area (Å²) in [5, 5.41) is 3.35. The van der Waals surface area contributed by atoms with Crippen LogP contribution < -0.4 is 20.5 Å². The third-order valence-electron chi connectivity index (χ3n) is 4.88. The Kier molecular flexibility index (Phi) is 6.64. The Balaban J connectivity index is 1.81. The van der Waals surface area contributed by atoms with Crippen LogP contribution in [0.1, 0.15) is 39.7 Å². The third-order valence-corrected chi connectivity index (χ3v) is 6.64.